The molecule has 1 aliphatic heterocycles. The van der Waals surface area contributed by atoms with Gasteiger partial charge in [0.15, 0.2) is 0 Å². The Balaban J connectivity index is 1.86. The van der Waals surface area contributed by atoms with Gasteiger partial charge in [-0.15, -0.1) is 0 Å². The van der Waals surface area contributed by atoms with Gasteiger partial charge in [0.25, 0.3) is 0 Å². The molecule has 2 rings (SSSR count). The maximum absolute atomic E-state index is 11.2. The van der Waals surface area contributed by atoms with Crippen LogP contribution in [0.4, 0.5) is 0 Å². The second-order valence-corrected chi connectivity index (χ2v) is 5.04. The number of rotatable bonds is 2. The number of carbonyl (C=O) groups excluding carboxylic acids is 1. The van der Waals surface area contributed by atoms with Crippen LogP contribution in [0.1, 0.15) is 26.2 Å². The first-order valence-electron chi connectivity index (χ1n) is 6.42. The van der Waals surface area contributed by atoms with Gasteiger partial charge in [-0.1, -0.05) is 6.42 Å². The van der Waals surface area contributed by atoms with E-state index in [0.29, 0.717) is 12.0 Å². The number of hydrogen-bond acceptors (Lipinski definition) is 3. The van der Waals surface area contributed by atoms with E-state index in [-0.39, 0.29) is 5.91 Å². The third-order valence-electron chi connectivity index (χ3n) is 4.15. The van der Waals surface area contributed by atoms with E-state index in [4.69, 9.17) is 5.73 Å². The Hall–Kier alpha value is -0.610. The SMILES string of the molecule is CC(=O)N1CCN(C2CCCC2CN)CC1. The Bertz CT molecular complexity index is 249. The van der Waals surface area contributed by atoms with Crippen molar-refractivity contribution in [1.29, 1.82) is 0 Å². The molecule has 2 aliphatic rings. The number of amides is 1. The van der Waals surface area contributed by atoms with E-state index in [0.717, 1.165) is 32.7 Å². The molecule has 2 atom stereocenters. The largest absolute Gasteiger partial charge is 0.340 e. The van der Waals surface area contributed by atoms with Crippen LogP contribution in [0.2, 0.25) is 0 Å². The predicted molar refractivity (Wildman–Crippen MR) is 64.0 cm³/mol. The average Bonchev–Trinajstić information content (AvgIpc) is 2.77. The van der Waals surface area contributed by atoms with Gasteiger partial charge in [0.05, 0.1) is 0 Å². The van der Waals surface area contributed by atoms with Gasteiger partial charge >= 0.3 is 0 Å². The zero-order valence-corrected chi connectivity index (χ0v) is 10.2. The molecule has 0 radical (unpaired) electrons. The molecule has 1 heterocycles. The first-order chi connectivity index (χ1) is 7.72. The minimum atomic E-state index is 0.210. The number of hydrogen-bond donors (Lipinski definition) is 1. The zero-order chi connectivity index (χ0) is 11.5. The summed E-state index contributed by atoms with van der Waals surface area (Å²) in [6.07, 6.45) is 3.90. The summed E-state index contributed by atoms with van der Waals surface area (Å²) >= 11 is 0. The predicted octanol–water partition coefficient (Wildman–Crippen LogP) is 0.278. The van der Waals surface area contributed by atoms with Gasteiger partial charge in [-0.3, -0.25) is 9.69 Å². The number of nitrogens with zero attached hydrogens (tertiary/aromatic N) is 2. The van der Waals surface area contributed by atoms with Crippen LogP contribution in [-0.4, -0.2) is 54.5 Å². The molecule has 4 heteroatoms. The molecule has 0 aromatic heterocycles. The van der Waals surface area contributed by atoms with Crippen molar-refractivity contribution in [3.63, 3.8) is 0 Å². The van der Waals surface area contributed by atoms with Crippen molar-refractivity contribution in [2.24, 2.45) is 11.7 Å². The summed E-state index contributed by atoms with van der Waals surface area (Å²) in [4.78, 5) is 15.7. The summed E-state index contributed by atoms with van der Waals surface area (Å²) < 4.78 is 0. The van der Waals surface area contributed by atoms with Crippen molar-refractivity contribution in [1.82, 2.24) is 9.80 Å². The zero-order valence-electron chi connectivity index (χ0n) is 10.2. The Morgan fingerprint density at radius 3 is 2.50 bits per heavy atom. The molecule has 1 saturated carbocycles. The molecule has 0 spiro atoms. The average molecular weight is 225 g/mol. The number of piperazine rings is 1. The molecule has 0 aromatic rings. The summed E-state index contributed by atoms with van der Waals surface area (Å²) in [5.74, 6) is 0.894. The van der Waals surface area contributed by atoms with Gasteiger partial charge in [-0.2, -0.15) is 0 Å². The molecule has 2 unspecified atom stereocenters. The maximum Gasteiger partial charge on any atom is 0.219 e. The first-order valence-corrected chi connectivity index (χ1v) is 6.42. The Morgan fingerprint density at radius 2 is 1.94 bits per heavy atom. The van der Waals surface area contributed by atoms with Crippen LogP contribution in [0.3, 0.4) is 0 Å². The van der Waals surface area contributed by atoms with E-state index in [1.165, 1.54) is 19.3 Å². The standard InChI is InChI=1S/C12H23N3O/c1-10(16)14-5-7-15(8-6-14)12-4-2-3-11(12)9-13/h11-12H,2-9,13H2,1H3. The lowest BCUT2D eigenvalue weighted by molar-refractivity contribution is -0.131. The Kier molecular flexibility index (Phi) is 3.82. The fourth-order valence-electron chi connectivity index (χ4n) is 3.14. The van der Waals surface area contributed by atoms with Crippen molar-refractivity contribution in [3.05, 3.63) is 0 Å². The monoisotopic (exact) mass is 225 g/mol. The highest BCUT2D eigenvalue weighted by atomic mass is 16.2. The second-order valence-electron chi connectivity index (χ2n) is 5.04. The lowest BCUT2D eigenvalue weighted by Gasteiger charge is -2.39. The van der Waals surface area contributed by atoms with Crippen LogP contribution >= 0.6 is 0 Å². The highest BCUT2D eigenvalue weighted by Gasteiger charge is 2.33. The topological polar surface area (TPSA) is 49.6 Å². The highest BCUT2D eigenvalue weighted by molar-refractivity contribution is 5.73. The molecule has 4 nitrogen and oxygen atoms in total. The maximum atomic E-state index is 11.2. The summed E-state index contributed by atoms with van der Waals surface area (Å²) in [6.45, 7) is 6.32. The molecular formula is C12H23N3O. The summed E-state index contributed by atoms with van der Waals surface area (Å²) in [7, 11) is 0. The van der Waals surface area contributed by atoms with Crippen LogP contribution in [-0.2, 0) is 4.79 Å². The van der Waals surface area contributed by atoms with Gasteiger partial charge in [-0.05, 0) is 25.3 Å². The number of nitrogens with two attached hydrogens (primary N) is 1. The van der Waals surface area contributed by atoms with Crippen molar-refractivity contribution in [3.8, 4) is 0 Å². The van der Waals surface area contributed by atoms with E-state index in [9.17, 15) is 4.79 Å². The van der Waals surface area contributed by atoms with E-state index in [1.54, 1.807) is 6.92 Å². The van der Waals surface area contributed by atoms with Crippen LogP contribution in [0.25, 0.3) is 0 Å². The molecule has 1 saturated heterocycles. The molecule has 1 amide bonds. The summed E-state index contributed by atoms with van der Waals surface area (Å²) in [5.41, 5.74) is 5.82. The minimum absolute atomic E-state index is 0.210. The van der Waals surface area contributed by atoms with Gasteiger partial charge in [-0.25, -0.2) is 0 Å². The molecule has 0 aromatic carbocycles. The van der Waals surface area contributed by atoms with Gasteiger partial charge in [0.2, 0.25) is 5.91 Å². The van der Waals surface area contributed by atoms with Crippen LogP contribution in [0.5, 0.6) is 0 Å². The fourth-order valence-corrected chi connectivity index (χ4v) is 3.14. The lowest BCUT2D eigenvalue weighted by atomic mass is 10.0. The summed E-state index contributed by atoms with van der Waals surface area (Å²) in [6, 6.07) is 0.680. The lowest BCUT2D eigenvalue weighted by Crippen LogP contribution is -2.53. The smallest absolute Gasteiger partial charge is 0.219 e. The van der Waals surface area contributed by atoms with Gasteiger partial charge < -0.3 is 10.6 Å². The van der Waals surface area contributed by atoms with Gasteiger partial charge in [0, 0.05) is 39.1 Å². The second kappa shape index (κ2) is 5.15. The van der Waals surface area contributed by atoms with Crippen LogP contribution in [0.15, 0.2) is 0 Å². The summed E-state index contributed by atoms with van der Waals surface area (Å²) in [5, 5.41) is 0. The van der Waals surface area contributed by atoms with Gasteiger partial charge in [0.1, 0.15) is 0 Å². The van der Waals surface area contributed by atoms with Crippen molar-refractivity contribution < 1.29 is 4.79 Å². The fraction of sp³-hybridized carbons (Fsp3) is 0.917. The molecule has 2 N–H and O–H groups in total. The third kappa shape index (κ3) is 2.38. The van der Waals surface area contributed by atoms with E-state index >= 15 is 0 Å². The van der Waals surface area contributed by atoms with E-state index in [1.807, 2.05) is 4.90 Å². The minimum Gasteiger partial charge on any atom is -0.340 e. The number of carbonyl (C=O) groups is 1. The Morgan fingerprint density at radius 1 is 1.25 bits per heavy atom. The molecule has 16 heavy (non-hydrogen) atoms. The third-order valence-corrected chi connectivity index (χ3v) is 4.15. The normalized spacial score (nSPS) is 32.0. The van der Waals surface area contributed by atoms with Crippen molar-refractivity contribution >= 4 is 5.91 Å². The molecule has 0 bridgehead atoms. The van der Waals surface area contributed by atoms with Crippen LogP contribution in [0, 0.1) is 5.92 Å². The van der Waals surface area contributed by atoms with Crippen LogP contribution < -0.4 is 5.73 Å². The highest BCUT2D eigenvalue weighted by Crippen LogP contribution is 2.29. The molecule has 92 valence electrons. The molecule has 1 aliphatic carbocycles. The van der Waals surface area contributed by atoms with Crippen molar-refractivity contribution in [2.45, 2.75) is 32.2 Å². The Labute approximate surface area is 97.8 Å². The van der Waals surface area contributed by atoms with Crippen molar-refractivity contribution in [2.75, 3.05) is 32.7 Å². The quantitative estimate of drug-likeness (QED) is 0.734. The van der Waals surface area contributed by atoms with E-state index < -0.39 is 0 Å². The molecular weight excluding hydrogens is 202 g/mol. The van der Waals surface area contributed by atoms with E-state index in [2.05, 4.69) is 4.90 Å². The molecule has 2 fully saturated rings. The first kappa shape index (κ1) is 11.9.